The Morgan fingerprint density at radius 3 is 2.38 bits per heavy atom. The molecule has 1 rings (SSSR count). The molecular weight excluding hydrogens is 228 g/mol. The third kappa shape index (κ3) is 3.62. The van der Waals surface area contributed by atoms with Gasteiger partial charge in [0, 0.05) is 5.56 Å². The molecule has 0 aromatic heterocycles. The van der Waals surface area contributed by atoms with E-state index < -0.39 is 0 Å². The predicted octanol–water partition coefficient (Wildman–Crippen LogP) is 2.19. The summed E-state index contributed by atoms with van der Waals surface area (Å²) in [4.78, 5) is 0. The highest BCUT2D eigenvalue weighted by molar-refractivity contribution is 5.95. The summed E-state index contributed by atoms with van der Waals surface area (Å²) < 4.78 is 10.7. The fourth-order valence-electron chi connectivity index (χ4n) is 1.19. The summed E-state index contributed by atoms with van der Waals surface area (Å²) in [6.07, 6.45) is 0.0853. The van der Waals surface area contributed by atoms with Crippen LogP contribution in [0.3, 0.4) is 0 Å². The van der Waals surface area contributed by atoms with Crippen LogP contribution in [0.4, 0.5) is 0 Å². The minimum Gasteiger partial charge on any atom is -0.493 e. The van der Waals surface area contributed by atoms with Crippen molar-refractivity contribution in [1.82, 2.24) is 0 Å². The molecule has 1 aromatic carbocycles. The molecule has 0 atom stereocenters. The van der Waals surface area contributed by atoms with Gasteiger partial charge in [0.2, 0.25) is 0 Å². The summed E-state index contributed by atoms with van der Waals surface area (Å²) in [6.45, 7) is 3.89. The number of hydrogen-bond donors (Lipinski definition) is 2. The first-order chi connectivity index (χ1) is 7.04. The average molecular weight is 245 g/mol. The lowest BCUT2D eigenvalue weighted by atomic mass is 10.2. The molecule has 0 fully saturated rings. The van der Waals surface area contributed by atoms with Crippen LogP contribution in [0.2, 0.25) is 0 Å². The number of nitrogen functional groups attached to an aromatic ring is 1. The Morgan fingerprint density at radius 2 is 1.94 bits per heavy atom. The van der Waals surface area contributed by atoms with Crippen molar-refractivity contribution in [2.45, 2.75) is 20.0 Å². The molecule has 0 heterocycles. The summed E-state index contributed by atoms with van der Waals surface area (Å²) in [5, 5.41) is 7.30. The fraction of sp³-hybridized carbons (Fsp3) is 0.364. The standard InChI is InChI=1S/C11H16N2O2.ClH/c1-7(2)15-9-5-4-8(11(12)13)6-10(9)14-3;/h4-7H,1-3H3,(H3,12,13);1H. The monoisotopic (exact) mass is 244 g/mol. The number of rotatable bonds is 4. The maximum absolute atomic E-state index is 7.30. The van der Waals surface area contributed by atoms with Gasteiger partial charge in [-0.2, -0.15) is 0 Å². The third-order valence-corrected chi connectivity index (χ3v) is 1.84. The van der Waals surface area contributed by atoms with Crippen molar-refractivity contribution in [3.8, 4) is 11.5 Å². The molecule has 0 aliphatic rings. The van der Waals surface area contributed by atoms with Crippen LogP contribution in [-0.4, -0.2) is 19.0 Å². The first kappa shape index (κ1) is 14.6. The van der Waals surface area contributed by atoms with Crippen LogP contribution in [-0.2, 0) is 0 Å². The van der Waals surface area contributed by atoms with Crippen molar-refractivity contribution in [2.24, 2.45) is 5.73 Å². The molecule has 0 aliphatic heterocycles. The number of hydrogen-bond acceptors (Lipinski definition) is 3. The van der Waals surface area contributed by atoms with Gasteiger partial charge < -0.3 is 15.2 Å². The van der Waals surface area contributed by atoms with E-state index in [2.05, 4.69) is 0 Å². The molecule has 0 amide bonds. The van der Waals surface area contributed by atoms with Gasteiger partial charge in [0.05, 0.1) is 13.2 Å². The van der Waals surface area contributed by atoms with E-state index in [0.717, 1.165) is 0 Å². The molecule has 16 heavy (non-hydrogen) atoms. The van der Waals surface area contributed by atoms with Gasteiger partial charge >= 0.3 is 0 Å². The molecule has 0 unspecified atom stereocenters. The number of benzene rings is 1. The highest BCUT2D eigenvalue weighted by Gasteiger charge is 2.08. The highest BCUT2D eigenvalue weighted by atomic mass is 35.5. The fourth-order valence-corrected chi connectivity index (χ4v) is 1.19. The van der Waals surface area contributed by atoms with Crippen molar-refractivity contribution in [2.75, 3.05) is 7.11 Å². The van der Waals surface area contributed by atoms with E-state index in [1.807, 2.05) is 13.8 Å². The number of ether oxygens (including phenoxy) is 2. The zero-order valence-corrected chi connectivity index (χ0v) is 10.4. The Balaban J connectivity index is 0.00000225. The van der Waals surface area contributed by atoms with Crippen LogP contribution in [0.15, 0.2) is 18.2 Å². The van der Waals surface area contributed by atoms with Gasteiger partial charge in [-0.15, -0.1) is 12.4 Å². The second-order valence-corrected chi connectivity index (χ2v) is 3.45. The summed E-state index contributed by atoms with van der Waals surface area (Å²) in [5.74, 6) is 1.28. The third-order valence-electron chi connectivity index (χ3n) is 1.84. The van der Waals surface area contributed by atoms with E-state index in [1.54, 1.807) is 25.3 Å². The van der Waals surface area contributed by atoms with Crippen LogP contribution in [0, 0.1) is 5.41 Å². The number of amidine groups is 1. The van der Waals surface area contributed by atoms with Gasteiger partial charge in [0.25, 0.3) is 0 Å². The van der Waals surface area contributed by atoms with E-state index in [-0.39, 0.29) is 24.3 Å². The van der Waals surface area contributed by atoms with E-state index in [9.17, 15) is 0 Å². The van der Waals surface area contributed by atoms with Gasteiger partial charge in [0.15, 0.2) is 11.5 Å². The molecule has 3 N–H and O–H groups in total. The lowest BCUT2D eigenvalue weighted by molar-refractivity contribution is 0.230. The van der Waals surface area contributed by atoms with Crippen LogP contribution in [0.25, 0.3) is 0 Å². The number of methoxy groups -OCH3 is 1. The van der Waals surface area contributed by atoms with E-state index in [1.165, 1.54) is 0 Å². The van der Waals surface area contributed by atoms with Gasteiger partial charge in [-0.3, -0.25) is 5.41 Å². The van der Waals surface area contributed by atoms with Crippen molar-refractivity contribution in [3.05, 3.63) is 23.8 Å². The van der Waals surface area contributed by atoms with E-state index in [0.29, 0.717) is 17.1 Å². The van der Waals surface area contributed by atoms with Crippen LogP contribution in [0.1, 0.15) is 19.4 Å². The highest BCUT2D eigenvalue weighted by Crippen LogP contribution is 2.28. The summed E-state index contributed by atoms with van der Waals surface area (Å²) in [6, 6.07) is 5.19. The molecule has 0 saturated carbocycles. The Kier molecular flexibility index (Phi) is 5.67. The maximum atomic E-state index is 7.30. The van der Waals surface area contributed by atoms with Crippen LogP contribution in [0.5, 0.6) is 11.5 Å². The number of halogens is 1. The van der Waals surface area contributed by atoms with Crippen LogP contribution >= 0.6 is 12.4 Å². The maximum Gasteiger partial charge on any atom is 0.161 e. The molecule has 0 spiro atoms. The van der Waals surface area contributed by atoms with Gasteiger partial charge in [-0.1, -0.05) is 0 Å². The topological polar surface area (TPSA) is 68.3 Å². The zero-order valence-electron chi connectivity index (χ0n) is 9.61. The molecule has 0 radical (unpaired) electrons. The van der Waals surface area contributed by atoms with E-state index >= 15 is 0 Å². The number of nitrogens with two attached hydrogens (primary N) is 1. The second-order valence-electron chi connectivity index (χ2n) is 3.45. The van der Waals surface area contributed by atoms with Gasteiger partial charge in [-0.25, -0.2) is 0 Å². The molecule has 0 bridgehead atoms. The largest absolute Gasteiger partial charge is 0.493 e. The van der Waals surface area contributed by atoms with Crippen molar-refractivity contribution in [3.63, 3.8) is 0 Å². The molecule has 4 nitrogen and oxygen atoms in total. The van der Waals surface area contributed by atoms with Crippen molar-refractivity contribution in [1.29, 1.82) is 5.41 Å². The van der Waals surface area contributed by atoms with Crippen LogP contribution < -0.4 is 15.2 Å². The summed E-state index contributed by atoms with van der Waals surface area (Å²) >= 11 is 0. The quantitative estimate of drug-likeness (QED) is 0.630. The minimum absolute atomic E-state index is 0. The van der Waals surface area contributed by atoms with Crippen molar-refractivity contribution < 1.29 is 9.47 Å². The lowest BCUT2D eigenvalue weighted by Gasteiger charge is -2.14. The zero-order chi connectivity index (χ0) is 11.4. The SMILES string of the molecule is COc1cc(C(=N)N)ccc1OC(C)C.Cl. The smallest absolute Gasteiger partial charge is 0.161 e. The molecule has 5 heteroatoms. The lowest BCUT2D eigenvalue weighted by Crippen LogP contribution is -2.12. The first-order valence-corrected chi connectivity index (χ1v) is 4.73. The first-order valence-electron chi connectivity index (χ1n) is 4.73. The average Bonchev–Trinajstić information content (AvgIpc) is 2.17. The minimum atomic E-state index is 0. The Hall–Kier alpha value is -1.42. The predicted molar refractivity (Wildman–Crippen MR) is 67.0 cm³/mol. The second kappa shape index (κ2) is 6.23. The molecule has 1 aromatic rings. The summed E-state index contributed by atoms with van der Waals surface area (Å²) in [5.41, 5.74) is 6.00. The number of nitrogens with one attached hydrogen (secondary N) is 1. The molecular formula is C11H17ClN2O2. The molecule has 0 aliphatic carbocycles. The van der Waals surface area contributed by atoms with E-state index in [4.69, 9.17) is 20.6 Å². The van der Waals surface area contributed by atoms with Crippen molar-refractivity contribution >= 4 is 18.2 Å². The summed E-state index contributed by atoms with van der Waals surface area (Å²) in [7, 11) is 1.56. The Morgan fingerprint density at radius 1 is 1.31 bits per heavy atom. The molecule has 0 saturated heterocycles. The Bertz CT molecular complexity index is 367. The Labute approximate surface area is 102 Å². The molecule has 90 valence electrons. The van der Waals surface area contributed by atoms with Gasteiger partial charge in [-0.05, 0) is 32.0 Å². The van der Waals surface area contributed by atoms with Gasteiger partial charge in [0.1, 0.15) is 5.84 Å². The normalized spacial score (nSPS) is 9.50.